The van der Waals surface area contributed by atoms with Crippen LogP contribution in [0.1, 0.15) is 52.2 Å². The molecular formula is C16H17BrOS. The van der Waals surface area contributed by atoms with Crippen molar-refractivity contribution in [2.75, 3.05) is 0 Å². The van der Waals surface area contributed by atoms with Crippen molar-refractivity contribution < 1.29 is 5.11 Å². The van der Waals surface area contributed by atoms with Crippen LogP contribution in [0.15, 0.2) is 34.8 Å². The minimum atomic E-state index is -0.509. The molecule has 0 saturated heterocycles. The summed E-state index contributed by atoms with van der Waals surface area (Å²) in [5, 5.41) is 10.4. The summed E-state index contributed by atoms with van der Waals surface area (Å²) < 4.78 is 1.08. The van der Waals surface area contributed by atoms with Gasteiger partial charge in [-0.25, -0.2) is 0 Å². The van der Waals surface area contributed by atoms with E-state index < -0.39 is 6.10 Å². The highest BCUT2D eigenvalue weighted by atomic mass is 79.9. The van der Waals surface area contributed by atoms with Gasteiger partial charge in [-0.15, -0.1) is 11.3 Å². The van der Waals surface area contributed by atoms with Crippen LogP contribution in [-0.2, 0) is 0 Å². The second-order valence-electron chi connectivity index (χ2n) is 5.25. The van der Waals surface area contributed by atoms with Gasteiger partial charge in [-0.3, -0.25) is 0 Å². The van der Waals surface area contributed by atoms with Gasteiger partial charge in [0.1, 0.15) is 6.10 Å². The molecule has 1 aliphatic rings. The number of aliphatic hydroxyl groups is 1. The molecule has 1 unspecified atom stereocenters. The average molecular weight is 337 g/mol. The van der Waals surface area contributed by atoms with E-state index in [2.05, 4.69) is 47.1 Å². The lowest BCUT2D eigenvalue weighted by molar-refractivity contribution is 0.224. The Morgan fingerprint density at radius 1 is 1.26 bits per heavy atom. The van der Waals surface area contributed by atoms with E-state index >= 15 is 0 Å². The van der Waals surface area contributed by atoms with Crippen LogP contribution < -0.4 is 0 Å². The molecule has 1 heterocycles. The van der Waals surface area contributed by atoms with Crippen LogP contribution in [0.3, 0.4) is 0 Å². The summed E-state index contributed by atoms with van der Waals surface area (Å²) in [5.41, 5.74) is 2.41. The maximum atomic E-state index is 10.4. The number of aryl methyl sites for hydroxylation is 1. The van der Waals surface area contributed by atoms with Gasteiger partial charge in [0.25, 0.3) is 0 Å². The number of hydrogen-bond acceptors (Lipinski definition) is 2. The molecule has 19 heavy (non-hydrogen) atoms. The van der Waals surface area contributed by atoms with E-state index in [1.807, 2.05) is 6.07 Å². The quantitative estimate of drug-likeness (QED) is 0.819. The van der Waals surface area contributed by atoms with Gasteiger partial charge in [-0.1, -0.05) is 30.7 Å². The molecule has 0 amide bonds. The zero-order chi connectivity index (χ0) is 13.4. The highest BCUT2D eigenvalue weighted by Gasteiger charge is 2.20. The van der Waals surface area contributed by atoms with Crippen LogP contribution in [-0.4, -0.2) is 5.11 Å². The Labute approximate surface area is 126 Å². The maximum absolute atomic E-state index is 10.4. The van der Waals surface area contributed by atoms with Crippen LogP contribution in [0.4, 0.5) is 0 Å². The molecular weight excluding hydrogens is 320 g/mol. The van der Waals surface area contributed by atoms with Crippen molar-refractivity contribution in [3.63, 3.8) is 0 Å². The van der Waals surface area contributed by atoms with Crippen LogP contribution in [0.2, 0.25) is 0 Å². The average Bonchev–Trinajstić information content (AvgIpc) is 2.68. The summed E-state index contributed by atoms with van der Waals surface area (Å²) in [7, 11) is 0. The van der Waals surface area contributed by atoms with Gasteiger partial charge in [0.2, 0.25) is 0 Å². The summed E-state index contributed by atoms with van der Waals surface area (Å²) in [6.07, 6.45) is 3.49. The first-order chi connectivity index (χ1) is 9.15. The zero-order valence-corrected chi connectivity index (χ0v) is 13.3. The number of thiophene rings is 1. The topological polar surface area (TPSA) is 20.2 Å². The van der Waals surface area contributed by atoms with Gasteiger partial charge in [-0.2, -0.15) is 0 Å². The minimum absolute atomic E-state index is 0.509. The number of rotatable bonds is 3. The van der Waals surface area contributed by atoms with Gasteiger partial charge in [0, 0.05) is 14.2 Å². The molecule has 1 aliphatic carbocycles. The summed E-state index contributed by atoms with van der Waals surface area (Å²) >= 11 is 5.15. The van der Waals surface area contributed by atoms with Gasteiger partial charge in [-0.05, 0) is 58.8 Å². The van der Waals surface area contributed by atoms with Crippen molar-refractivity contribution in [3.05, 3.63) is 55.7 Å². The molecule has 0 spiro atoms. The molecule has 1 N–H and O–H groups in total. The molecule has 1 fully saturated rings. The third kappa shape index (κ3) is 2.64. The molecule has 1 atom stereocenters. The Morgan fingerprint density at radius 3 is 2.42 bits per heavy atom. The zero-order valence-electron chi connectivity index (χ0n) is 10.9. The maximum Gasteiger partial charge on any atom is 0.113 e. The van der Waals surface area contributed by atoms with Crippen LogP contribution in [0.25, 0.3) is 0 Å². The molecule has 2 aromatic rings. The molecule has 3 rings (SSSR count). The lowest BCUT2D eigenvalue weighted by Crippen LogP contribution is -2.08. The van der Waals surface area contributed by atoms with Crippen LogP contribution >= 0.6 is 27.3 Å². The molecule has 1 aromatic heterocycles. The number of hydrogen-bond donors (Lipinski definition) is 1. The predicted molar refractivity (Wildman–Crippen MR) is 83.9 cm³/mol. The fraction of sp³-hybridized carbons (Fsp3) is 0.375. The molecule has 1 nitrogen and oxygen atoms in total. The van der Waals surface area contributed by atoms with E-state index in [0.717, 1.165) is 20.8 Å². The highest BCUT2D eigenvalue weighted by molar-refractivity contribution is 9.10. The van der Waals surface area contributed by atoms with Crippen molar-refractivity contribution in [3.8, 4) is 0 Å². The monoisotopic (exact) mass is 336 g/mol. The third-order valence-corrected chi connectivity index (χ3v) is 6.16. The fourth-order valence-corrected chi connectivity index (χ4v) is 4.05. The Balaban J connectivity index is 1.81. The standard InChI is InChI=1S/C16H17BrOS/c1-10-14(17)9-15(19-10)16(18)13-7-5-12(6-8-13)11-3-2-4-11/h5-9,11,16,18H,2-4H2,1H3. The van der Waals surface area contributed by atoms with Crippen molar-refractivity contribution in [2.45, 2.75) is 38.2 Å². The van der Waals surface area contributed by atoms with Crippen LogP contribution in [0.5, 0.6) is 0 Å². The summed E-state index contributed by atoms with van der Waals surface area (Å²) in [5.74, 6) is 0.754. The third-order valence-electron chi connectivity index (χ3n) is 3.97. The first-order valence-corrected chi connectivity index (χ1v) is 8.30. The predicted octanol–water partition coefficient (Wildman–Crippen LogP) is 5.17. The lowest BCUT2D eigenvalue weighted by Gasteiger charge is -2.26. The van der Waals surface area contributed by atoms with Crippen molar-refractivity contribution >= 4 is 27.3 Å². The Kier molecular flexibility index (Phi) is 3.79. The highest BCUT2D eigenvalue weighted by Crippen LogP contribution is 2.38. The SMILES string of the molecule is Cc1sc(C(O)c2ccc(C3CCC3)cc2)cc1Br. The number of halogens is 1. The smallest absolute Gasteiger partial charge is 0.113 e. The first kappa shape index (κ1) is 13.3. The van der Waals surface area contributed by atoms with Crippen molar-refractivity contribution in [1.82, 2.24) is 0 Å². The molecule has 0 radical (unpaired) electrons. The van der Waals surface area contributed by atoms with Gasteiger partial charge >= 0.3 is 0 Å². The van der Waals surface area contributed by atoms with E-state index in [1.165, 1.54) is 29.7 Å². The van der Waals surface area contributed by atoms with E-state index in [0.29, 0.717) is 0 Å². The Morgan fingerprint density at radius 2 is 1.95 bits per heavy atom. The normalized spacial score (nSPS) is 17.2. The number of aliphatic hydroxyl groups excluding tert-OH is 1. The summed E-state index contributed by atoms with van der Waals surface area (Å²) in [4.78, 5) is 2.21. The Hall–Kier alpha value is -0.640. The lowest BCUT2D eigenvalue weighted by atomic mass is 9.80. The summed E-state index contributed by atoms with van der Waals surface area (Å²) in [6, 6.07) is 10.5. The molecule has 100 valence electrons. The molecule has 1 aromatic carbocycles. The second kappa shape index (κ2) is 5.39. The van der Waals surface area contributed by atoms with E-state index in [-0.39, 0.29) is 0 Å². The van der Waals surface area contributed by atoms with Gasteiger partial charge < -0.3 is 5.11 Å². The molecule has 1 saturated carbocycles. The van der Waals surface area contributed by atoms with Gasteiger partial charge in [0.05, 0.1) is 0 Å². The summed E-state index contributed by atoms with van der Waals surface area (Å²) in [6.45, 7) is 2.06. The molecule has 0 bridgehead atoms. The second-order valence-corrected chi connectivity index (χ2v) is 7.39. The van der Waals surface area contributed by atoms with E-state index in [1.54, 1.807) is 11.3 Å². The van der Waals surface area contributed by atoms with Gasteiger partial charge in [0.15, 0.2) is 0 Å². The molecule has 3 heteroatoms. The van der Waals surface area contributed by atoms with Crippen LogP contribution in [0, 0.1) is 6.92 Å². The molecule has 0 aliphatic heterocycles. The van der Waals surface area contributed by atoms with E-state index in [4.69, 9.17) is 0 Å². The number of benzene rings is 1. The van der Waals surface area contributed by atoms with Crippen molar-refractivity contribution in [1.29, 1.82) is 0 Å². The van der Waals surface area contributed by atoms with Crippen molar-refractivity contribution in [2.24, 2.45) is 0 Å². The first-order valence-electron chi connectivity index (χ1n) is 6.69. The fourth-order valence-electron chi connectivity index (χ4n) is 2.47. The largest absolute Gasteiger partial charge is 0.383 e. The minimum Gasteiger partial charge on any atom is -0.383 e. The van der Waals surface area contributed by atoms with E-state index in [9.17, 15) is 5.11 Å². The Bertz CT molecular complexity index is 549.